The highest BCUT2D eigenvalue weighted by molar-refractivity contribution is 8.77. The van der Waals surface area contributed by atoms with E-state index in [1.807, 2.05) is 12.1 Å². The molecule has 1 fully saturated rings. The van der Waals surface area contributed by atoms with Gasteiger partial charge in [0.25, 0.3) is 0 Å². The van der Waals surface area contributed by atoms with E-state index >= 15 is 0 Å². The average Bonchev–Trinajstić information content (AvgIpc) is 2.87. The lowest BCUT2D eigenvalue weighted by atomic mass is 9.96. The topological polar surface area (TPSA) is 41.1 Å². The normalized spacial score (nSPS) is 21.3. The van der Waals surface area contributed by atoms with Crippen molar-refractivity contribution in [1.82, 2.24) is 4.72 Å². The van der Waals surface area contributed by atoms with Gasteiger partial charge in [0.15, 0.2) is 0 Å². The van der Waals surface area contributed by atoms with E-state index < -0.39 is 11.0 Å². The minimum Gasteiger partial charge on any atom is -0.318 e. The molecule has 1 aliphatic carbocycles. The van der Waals surface area contributed by atoms with Crippen LogP contribution in [0.5, 0.6) is 0 Å². The molecule has 0 radical (unpaired) electrons. The standard InChI is InChI=1S/C12H16N2OS3/c15-18(14-9-5-2-1-3-6-9)11-8-4-7-10-12(11)13-17-16-10/h4,7-9,13-14H,1-3,5-6H2. The molecule has 0 bridgehead atoms. The number of rotatable bonds is 3. The fourth-order valence-electron chi connectivity index (χ4n) is 2.38. The number of hydrogen-bond acceptors (Lipinski definition) is 4. The fraction of sp³-hybridized carbons (Fsp3) is 0.500. The van der Waals surface area contributed by atoms with Gasteiger partial charge in [-0.2, -0.15) is 0 Å². The number of hydrogen-bond donors (Lipinski definition) is 2. The lowest BCUT2D eigenvalue weighted by Crippen LogP contribution is -2.32. The van der Waals surface area contributed by atoms with E-state index in [4.69, 9.17) is 0 Å². The van der Waals surface area contributed by atoms with Gasteiger partial charge in [0, 0.05) is 21.9 Å². The first-order valence-corrected chi connectivity index (χ1v) is 9.55. The Kier molecular flexibility index (Phi) is 4.18. The summed E-state index contributed by atoms with van der Waals surface area (Å²) in [5.74, 6) is 0. The van der Waals surface area contributed by atoms with Gasteiger partial charge in [-0.15, -0.1) is 0 Å². The molecule has 0 spiro atoms. The van der Waals surface area contributed by atoms with E-state index in [-0.39, 0.29) is 0 Å². The summed E-state index contributed by atoms with van der Waals surface area (Å²) in [5, 5.41) is 0. The average molecular weight is 300 g/mol. The van der Waals surface area contributed by atoms with Gasteiger partial charge in [-0.3, -0.25) is 0 Å². The molecule has 3 nitrogen and oxygen atoms in total. The molecule has 2 N–H and O–H groups in total. The second-order valence-electron chi connectivity index (χ2n) is 4.62. The van der Waals surface area contributed by atoms with Crippen molar-refractivity contribution in [3.05, 3.63) is 18.2 Å². The molecule has 1 atom stereocenters. The Morgan fingerprint density at radius 2 is 2.11 bits per heavy atom. The van der Waals surface area contributed by atoms with Gasteiger partial charge in [-0.1, -0.05) is 25.3 Å². The van der Waals surface area contributed by atoms with E-state index in [0.29, 0.717) is 6.04 Å². The highest BCUT2D eigenvalue weighted by atomic mass is 33.1. The number of fused-ring (bicyclic) bond motifs is 1. The molecular weight excluding hydrogens is 284 g/mol. The van der Waals surface area contributed by atoms with Crippen molar-refractivity contribution in [2.75, 3.05) is 4.72 Å². The first kappa shape index (κ1) is 12.8. The van der Waals surface area contributed by atoms with Crippen molar-refractivity contribution in [1.29, 1.82) is 0 Å². The van der Waals surface area contributed by atoms with Gasteiger partial charge in [0.2, 0.25) is 0 Å². The zero-order valence-corrected chi connectivity index (χ0v) is 12.4. The zero-order chi connectivity index (χ0) is 12.4. The lowest BCUT2D eigenvalue weighted by Gasteiger charge is -2.22. The van der Waals surface area contributed by atoms with Gasteiger partial charge in [0.1, 0.15) is 11.0 Å². The first-order chi connectivity index (χ1) is 8.84. The predicted octanol–water partition coefficient (Wildman–Crippen LogP) is 3.71. The van der Waals surface area contributed by atoms with Crippen molar-refractivity contribution in [2.24, 2.45) is 0 Å². The predicted molar refractivity (Wildman–Crippen MR) is 79.9 cm³/mol. The zero-order valence-electron chi connectivity index (χ0n) is 9.98. The third-order valence-corrected chi connectivity index (χ3v) is 6.56. The second kappa shape index (κ2) is 5.86. The highest BCUT2D eigenvalue weighted by Gasteiger charge is 2.22. The summed E-state index contributed by atoms with van der Waals surface area (Å²) in [6.45, 7) is 0. The summed E-state index contributed by atoms with van der Waals surface area (Å²) in [7, 11) is 2.17. The number of anilines is 1. The lowest BCUT2D eigenvalue weighted by molar-refractivity contribution is 0.419. The quantitative estimate of drug-likeness (QED) is 0.659. The van der Waals surface area contributed by atoms with E-state index in [1.165, 1.54) is 24.2 Å². The van der Waals surface area contributed by atoms with Gasteiger partial charge in [0.05, 0.1) is 10.6 Å². The molecule has 2 aliphatic rings. The Hall–Kier alpha value is -0.170. The van der Waals surface area contributed by atoms with Gasteiger partial charge >= 0.3 is 0 Å². The third kappa shape index (κ3) is 2.71. The number of para-hydroxylation sites is 1. The second-order valence-corrected chi connectivity index (χ2v) is 7.81. The molecule has 3 rings (SSSR count). The molecular formula is C12H16N2OS3. The molecule has 6 heteroatoms. The smallest absolute Gasteiger partial charge is 0.127 e. The van der Waals surface area contributed by atoms with Crippen molar-refractivity contribution in [3.63, 3.8) is 0 Å². The van der Waals surface area contributed by atoms with Crippen molar-refractivity contribution < 1.29 is 4.21 Å². The maximum atomic E-state index is 12.4. The highest BCUT2D eigenvalue weighted by Crippen LogP contribution is 2.46. The molecule has 1 aromatic rings. The Morgan fingerprint density at radius 3 is 2.94 bits per heavy atom. The van der Waals surface area contributed by atoms with E-state index in [9.17, 15) is 4.21 Å². The summed E-state index contributed by atoms with van der Waals surface area (Å²) in [5.41, 5.74) is 1.02. The maximum absolute atomic E-state index is 12.4. The van der Waals surface area contributed by atoms with Crippen LogP contribution in [0.2, 0.25) is 0 Å². The van der Waals surface area contributed by atoms with Crippen LogP contribution in [-0.4, -0.2) is 10.3 Å². The molecule has 0 amide bonds. The van der Waals surface area contributed by atoms with Crippen LogP contribution >= 0.6 is 21.8 Å². The van der Waals surface area contributed by atoms with Crippen LogP contribution in [0.15, 0.2) is 28.0 Å². The van der Waals surface area contributed by atoms with Crippen LogP contribution in [0.1, 0.15) is 32.1 Å². The maximum Gasteiger partial charge on any atom is 0.127 e. The molecule has 1 saturated carbocycles. The van der Waals surface area contributed by atoms with E-state index in [2.05, 4.69) is 15.5 Å². The monoisotopic (exact) mass is 300 g/mol. The van der Waals surface area contributed by atoms with Crippen molar-refractivity contribution >= 4 is 38.4 Å². The van der Waals surface area contributed by atoms with Crippen LogP contribution in [-0.2, 0) is 11.0 Å². The van der Waals surface area contributed by atoms with Crippen LogP contribution in [0.25, 0.3) is 0 Å². The Bertz CT molecular complexity index is 461. The van der Waals surface area contributed by atoms with Crippen LogP contribution in [0.4, 0.5) is 5.69 Å². The number of nitrogens with one attached hydrogen (secondary N) is 2. The SMILES string of the molecule is O=S(NC1CCCCC1)c1cccc2c1NSS2. The molecule has 98 valence electrons. The van der Waals surface area contributed by atoms with E-state index in [1.54, 1.807) is 21.8 Å². The largest absolute Gasteiger partial charge is 0.318 e. The van der Waals surface area contributed by atoms with Gasteiger partial charge in [-0.05, 0) is 35.8 Å². The molecule has 0 saturated heterocycles. The Labute approximate surface area is 118 Å². The van der Waals surface area contributed by atoms with Gasteiger partial charge < -0.3 is 4.72 Å². The van der Waals surface area contributed by atoms with Crippen LogP contribution in [0, 0.1) is 0 Å². The summed E-state index contributed by atoms with van der Waals surface area (Å²) in [4.78, 5) is 2.06. The molecule has 1 aliphatic heterocycles. The molecule has 1 heterocycles. The minimum absolute atomic E-state index is 0.414. The first-order valence-electron chi connectivity index (χ1n) is 6.25. The molecule has 0 aromatic heterocycles. The molecule has 18 heavy (non-hydrogen) atoms. The minimum atomic E-state index is -1.10. The van der Waals surface area contributed by atoms with Crippen molar-refractivity contribution in [3.8, 4) is 0 Å². The Balaban J connectivity index is 1.74. The van der Waals surface area contributed by atoms with Gasteiger partial charge in [-0.25, -0.2) is 8.93 Å². The van der Waals surface area contributed by atoms with Crippen LogP contribution in [0.3, 0.4) is 0 Å². The molecule has 1 aromatic carbocycles. The summed E-state index contributed by atoms with van der Waals surface area (Å²) >= 11 is 0. The summed E-state index contributed by atoms with van der Waals surface area (Å²) in [6.07, 6.45) is 6.13. The Morgan fingerprint density at radius 1 is 1.28 bits per heavy atom. The summed E-state index contributed by atoms with van der Waals surface area (Å²) < 4.78 is 18.9. The van der Waals surface area contributed by atoms with E-state index in [0.717, 1.165) is 23.4 Å². The third-order valence-electron chi connectivity index (χ3n) is 3.34. The molecule has 1 unspecified atom stereocenters. The number of benzene rings is 1. The van der Waals surface area contributed by atoms with Crippen molar-refractivity contribution in [2.45, 2.75) is 47.9 Å². The fourth-order valence-corrected chi connectivity index (χ4v) is 5.66. The van der Waals surface area contributed by atoms with Crippen LogP contribution < -0.4 is 9.44 Å². The summed E-state index contributed by atoms with van der Waals surface area (Å²) in [6, 6.07) is 6.41.